The molecule has 3 rings (SSSR count). The van der Waals surface area contributed by atoms with E-state index in [4.69, 9.17) is 0 Å². The van der Waals surface area contributed by atoms with E-state index in [2.05, 4.69) is 4.98 Å². The summed E-state index contributed by atoms with van der Waals surface area (Å²) in [4.78, 5) is 15.6. The van der Waals surface area contributed by atoms with E-state index in [-0.39, 0.29) is 0 Å². The molecule has 2 aromatic carbocycles. The maximum Gasteiger partial charge on any atom is 0.336 e. The number of carboxylic acids is 1. The van der Waals surface area contributed by atoms with Gasteiger partial charge in [-0.05, 0) is 29.3 Å². The lowest BCUT2D eigenvalue weighted by atomic mass is 9.96. The van der Waals surface area contributed by atoms with Crippen LogP contribution in [0.5, 0.6) is 0 Å². The second kappa shape index (κ2) is 4.53. The average molecular weight is 249 g/mol. The molecule has 0 bridgehead atoms. The molecule has 3 aromatic rings. The van der Waals surface area contributed by atoms with Crippen LogP contribution in [0.4, 0.5) is 0 Å². The molecule has 0 amide bonds. The molecule has 0 spiro atoms. The molecule has 0 saturated heterocycles. The summed E-state index contributed by atoms with van der Waals surface area (Å²) >= 11 is 0. The Balaban J connectivity index is 2.34. The van der Waals surface area contributed by atoms with E-state index in [1.807, 2.05) is 42.5 Å². The van der Waals surface area contributed by atoms with Crippen molar-refractivity contribution in [3.63, 3.8) is 0 Å². The number of hydrogen-bond donors (Lipinski definition) is 1. The number of pyridine rings is 1. The predicted molar refractivity (Wildman–Crippen MR) is 74.1 cm³/mol. The van der Waals surface area contributed by atoms with Crippen LogP contribution in [-0.4, -0.2) is 16.1 Å². The smallest absolute Gasteiger partial charge is 0.336 e. The highest BCUT2D eigenvalue weighted by Gasteiger charge is 2.12. The van der Waals surface area contributed by atoms with Gasteiger partial charge in [0.2, 0.25) is 0 Å². The van der Waals surface area contributed by atoms with Gasteiger partial charge in [0.05, 0.1) is 11.1 Å². The molecular formula is C16H11NO2. The normalized spacial score (nSPS) is 10.5. The highest BCUT2D eigenvalue weighted by atomic mass is 16.4. The number of rotatable bonds is 2. The molecule has 0 atom stereocenters. The van der Waals surface area contributed by atoms with E-state index < -0.39 is 5.97 Å². The van der Waals surface area contributed by atoms with Crippen molar-refractivity contribution in [1.82, 2.24) is 4.98 Å². The second-order valence-corrected chi connectivity index (χ2v) is 4.23. The zero-order valence-corrected chi connectivity index (χ0v) is 10.1. The van der Waals surface area contributed by atoms with Gasteiger partial charge in [-0.1, -0.05) is 36.4 Å². The molecule has 1 N–H and O–H groups in total. The van der Waals surface area contributed by atoms with Crippen LogP contribution in [0.25, 0.3) is 22.0 Å². The van der Waals surface area contributed by atoms with Gasteiger partial charge in [0, 0.05) is 11.6 Å². The summed E-state index contributed by atoms with van der Waals surface area (Å²) in [5.41, 5.74) is 2.77. The lowest BCUT2D eigenvalue weighted by molar-refractivity contribution is 0.0698. The zero-order chi connectivity index (χ0) is 13.2. The molecule has 1 heterocycles. The first kappa shape index (κ1) is 11.4. The van der Waals surface area contributed by atoms with Gasteiger partial charge in [0.25, 0.3) is 0 Å². The van der Waals surface area contributed by atoms with Crippen LogP contribution in [0.1, 0.15) is 10.4 Å². The fourth-order valence-electron chi connectivity index (χ4n) is 2.24. The number of carboxylic acid groups (broad SMARTS) is 1. The van der Waals surface area contributed by atoms with Gasteiger partial charge in [0.1, 0.15) is 0 Å². The van der Waals surface area contributed by atoms with Crippen molar-refractivity contribution in [3.05, 3.63) is 66.4 Å². The van der Waals surface area contributed by atoms with Crippen molar-refractivity contribution in [1.29, 1.82) is 0 Å². The SMILES string of the molecule is O=C(O)c1ccccc1-c1cccc2ncccc12. The third-order valence-corrected chi connectivity index (χ3v) is 3.09. The summed E-state index contributed by atoms with van der Waals surface area (Å²) in [6.07, 6.45) is 1.73. The number of hydrogen-bond acceptors (Lipinski definition) is 2. The molecule has 0 radical (unpaired) electrons. The Labute approximate surface area is 110 Å². The summed E-state index contributed by atoms with van der Waals surface area (Å²) in [6.45, 7) is 0. The molecule has 0 aliphatic carbocycles. The first-order valence-electron chi connectivity index (χ1n) is 5.94. The molecule has 0 unspecified atom stereocenters. The summed E-state index contributed by atoms with van der Waals surface area (Å²) in [7, 11) is 0. The van der Waals surface area contributed by atoms with E-state index in [0.29, 0.717) is 11.1 Å². The van der Waals surface area contributed by atoms with E-state index in [9.17, 15) is 9.90 Å². The van der Waals surface area contributed by atoms with Crippen LogP contribution < -0.4 is 0 Å². The molecule has 92 valence electrons. The highest BCUT2D eigenvalue weighted by molar-refractivity contribution is 6.02. The molecule has 0 fully saturated rings. The van der Waals surface area contributed by atoms with E-state index in [1.54, 1.807) is 18.3 Å². The van der Waals surface area contributed by atoms with Gasteiger partial charge in [0.15, 0.2) is 0 Å². The van der Waals surface area contributed by atoms with Crippen molar-refractivity contribution in [3.8, 4) is 11.1 Å². The minimum atomic E-state index is -0.920. The van der Waals surface area contributed by atoms with Crippen LogP contribution in [0, 0.1) is 0 Å². The van der Waals surface area contributed by atoms with Crippen molar-refractivity contribution in [2.45, 2.75) is 0 Å². The minimum absolute atomic E-state index is 0.304. The summed E-state index contributed by atoms with van der Waals surface area (Å²) in [5.74, 6) is -0.920. The Morgan fingerprint density at radius 2 is 1.68 bits per heavy atom. The van der Waals surface area contributed by atoms with Crippen LogP contribution in [0.15, 0.2) is 60.8 Å². The third kappa shape index (κ3) is 1.95. The van der Waals surface area contributed by atoms with Crippen LogP contribution in [0.2, 0.25) is 0 Å². The average Bonchev–Trinajstić information content (AvgIpc) is 2.46. The van der Waals surface area contributed by atoms with Gasteiger partial charge in [-0.3, -0.25) is 4.98 Å². The second-order valence-electron chi connectivity index (χ2n) is 4.23. The summed E-state index contributed by atoms with van der Waals surface area (Å²) < 4.78 is 0. The Kier molecular flexibility index (Phi) is 2.72. The number of nitrogens with zero attached hydrogens (tertiary/aromatic N) is 1. The predicted octanol–water partition coefficient (Wildman–Crippen LogP) is 3.60. The van der Waals surface area contributed by atoms with Crippen molar-refractivity contribution in [2.24, 2.45) is 0 Å². The topological polar surface area (TPSA) is 50.2 Å². The Morgan fingerprint density at radius 1 is 0.895 bits per heavy atom. The summed E-state index contributed by atoms with van der Waals surface area (Å²) in [5, 5.41) is 10.2. The number of fused-ring (bicyclic) bond motifs is 1. The third-order valence-electron chi connectivity index (χ3n) is 3.09. The first-order chi connectivity index (χ1) is 9.27. The summed E-state index contributed by atoms with van der Waals surface area (Å²) in [6, 6.07) is 16.6. The van der Waals surface area contributed by atoms with E-state index >= 15 is 0 Å². The molecule has 3 heteroatoms. The fourth-order valence-corrected chi connectivity index (χ4v) is 2.24. The number of aromatic carboxylic acids is 1. The van der Waals surface area contributed by atoms with Crippen molar-refractivity contribution < 1.29 is 9.90 Å². The Hall–Kier alpha value is -2.68. The van der Waals surface area contributed by atoms with Gasteiger partial charge in [-0.25, -0.2) is 4.79 Å². The number of benzene rings is 2. The van der Waals surface area contributed by atoms with Gasteiger partial charge in [-0.15, -0.1) is 0 Å². The molecule has 19 heavy (non-hydrogen) atoms. The molecule has 1 aromatic heterocycles. The van der Waals surface area contributed by atoms with Gasteiger partial charge in [-0.2, -0.15) is 0 Å². The molecule has 0 aliphatic heterocycles. The monoisotopic (exact) mass is 249 g/mol. The maximum atomic E-state index is 11.3. The van der Waals surface area contributed by atoms with Crippen molar-refractivity contribution >= 4 is 16.9 Å². The lowest BCUT2D eigenvalue weighted by Crippen LogP contribution is -1.99. The quantitative estimate of drug-likeness (QED) is 0.754. The minimum Gasteiger partial charge on any atom is -0.478 e. The fraction of sp³-hybridized carbons (Fsp3) is 0. The van der Waals surface area contributed by atoms with E-state index in [0.717, 1.165) is 16.5 Å². The largest absolute Gasteiger partial charge is 0.478 e. The van der Waals surface area contributed by atoms with Gasteiger partial charge >= 0.3 is 5.97 Å². The Bertz CT molecular complexity index is 760. The highest BCUT2D eigenvalue weighted by Crippen LogP contribution is 2.30. The number of carbonyl (C=O) groups is 1. The first-order valence-corrected chi connectivity index (χ1v) is 5.94. The zero-order valence-electron chi connectivity index (χ0n) is 10.1. The standard InChI is InChI=1S/C16H11NO2/c18-16(19)14-6-2-1-5-12(14)11-7-3-9-15-13(11)8-4-10-17-15/h1-10H,(H,18,19). The maximum absolute atomic E-state index is 11.3. The molecular weight excluding hydrogens is 238 g/mol. The van der Waals surface area contributed by atoms with Crippen molar-refractivity contribution in [2.75, 3.05) is 0 Å². The van der Waals surface area contributed by atoms with Gasteiger partial charge < -0.3 is 5.11 Å². The molecule has 0 saturated carbocycles. The number of aromatic nitrogens is 1. The molecule has 3 nitrogen and oxygen atoms in total. The van der Waals surface area contributed by atoms with Crippen LogP contribution in [-0.2, 0) is 0 Å². The molecule has 0 aliphatic rings. The van der Waals surface area contributed by atoms with E-state index in [1.165, 1.54) is 0 Å². The Morgan fingerprint density at radius 3 is 2.53 bits per heavy atom. The lowest BCUT2D eigenvalue weighted by Gasteiger charge is -2.09. The van der Waals surface area contributed by atoms with Crippen LogP contribution in [0.3, 0.4) is 0 Å². The van der Waals surface area contributed by atoms with Crippen LogP contribution >= 0.6 is 0 Å².